The van der Waals surface area contributed by atoms with Gasteiger partial charge in [-0.2, -0.15) is 4.31 Å². The number of nitrogens with one attached hydrogen (secondary N) is 1. The van der Waals surface area contributed by atoms with Crippen molar-refractivity contribution in [3.8, 4) is 0 Å². The molecule has 3 aromatic rings. The van der Waals surface area contributed by atoms with Crippen LogP contribution in [0.15, 0.2) is 83.8 Å². The van der Waals surface area contributed by atoms with Gasteiger partial charge in [0.25, 0.3) is 0 Å². The van der Waals surface area contributed by atoms with Gasteiger partial charge in [-0.25, -0.2) is 8.42 Å². The predicted octanol–water partition coefficient (Wildman–Crippen LogP) is 5.01. The number of hydrogen-bond donors (Lipinski definition) is 1. The van der Waals surface area contributed by atoms with Crippen LogP contribution >= 0.6 is 0 Å². The van der Waals surface area contributed by atoms with E-state index < -0.39 is 15.6 Å². The van der Waals surface area contributed by atoms with Gasteiger partial charge in [0.1, 0.15) is 12.1 Å². The molecular formula is C33H40N4O4S. The summed E-state index contributed by atoms with van der Waals surface area (Å²) in [4.78, 5) is 30.9. The van der Waals surface area contributed by atoms with E-state index in [1.165, 1.54) is 9.87 Å². The van der Waals surface area contributed by atoms with E-state index in [-0.39, 0.29) is 48.4 Å². The van der Waals surface area contributed by atoms with E-state index in [4.69, 9.17) is 0 Å². The normalized spacial score (nSPS) is 17.6. The zero-order valence-corrected chi connectivity index (χ0v) is 25.7. The maximum absolute atomic E-state index is 14.0. The lowest BCUT2D eigenvalue weighted by atomic mass is 9.86. The van der Waals surface area contributed by atoms with Gasteiger partial charge in [0.05, 0.1) is 11.6 Å². The lowest BCUT2D eigenvalue weighted by Crippen LogP contribution is -2.57. The summed E-state index contributed by atoms with van der Waals surface area (Å²) in [5.41, 5.74) is 2.80. The molecule has 0 aromatic heterocycles. The number of aryl methyl sites for hydroxylation is 1. The molecule has 42 heavy (non-hydrogen) atoms. The molecule has 0 unspecified atom stereocenters. The number of nitrogens with zero attached hydrogens (tertiary/aromatic N) is 3. The van der Waals surface area contributed by atoms with Gasteiger partial charge in [-0.1, -0.05) is 70.2 Å². The lowest BCUT2D eigenvalue weighted by Gasteiger charge is -2.42. The molecule has 1 N–H and O–H groups in total. The van der Waals surface area contributed by atoms with Crippen molar-refractivity contribution in [2.45, 2.75) is 62.8 Å². The van der Waals surface area contributed by atoms with E-state index in [1.807, 2.05) is 71.6 Å². The van der Waals surface area contributed by atoms with Crippen LogP contribution in [0.1, 0.15) is 51.7 Å². The van der Waals surface area contributed by atoms with Gasteiger partial charge in [-0.3, -0.25) is 9.59 Å². The van der Waals surface area contributed by atoms with Gasteiger partial charge in [0, 0.05) is 24.5 Å². The Hall–Kier alpha value is -3.69. The highest BCUT2D eigenvalue weighted by molar-refractivity contribution is 7.89. The molecule has 5 rings (SSSR count). The van der Waals surface area contributed by atoms with E-state index in [2.05, 4.69) is 33.0 Å². The highest BCUT2D eigenvalue weighted by atomic mass is 32.2. The SMILES string of the molecule is CCc1ccc(NC(=O)CN2CN(c3ccccc3)C3(CCN(S(=O)(=O)c4ccc(C(C)(C)C)cc4)CC3)C2=O)cc1. The Kier molecular flexibility index (Phi) is 8.18. The number of piperidine rings is 1. The molecule has 2 fully saturated rings. The van der Waals surface area contributed by atoms with Gasteiger partial charge in [0.2, 0.25) is 21.8 Å². The van der Waals surface area contributed by atoms with Crippen LogP contribution in [0.4, 0.5) is 11.4 Å². The van der Waals surface area contributed by atoms with Crippen LogP contribution in [-0.4, -0.2) is 61.3 Å². The van der Waals surface area contributed by atoms with Crippen molar-refractivity contribution in [2.24, 2.45) is 0 Å². The Morgan fingerprint density at radius 2 is 1.52 bits per heavy atom. The number of sulfonamides is 1. The van der Waals surface area contributed by atoms with Crippen LogP contribution < -0.4 is 10.2 Å². The van der Waals surface area contributed by atoms with Crippen LogP contribution in [0.5, 0.6) is 0 Å². The molecule has 0 aliphatic carbocycles. The Balaban J connectivity index is 1.33. The first kappa shape index (κ1) is 29.8. The molecule has 2 heterocycles. The van der Waals surface area contributed by atoms with Crippen molar-refractivity contribution in [3.05, 3.63) is 90.0 Å². The standard InChI is InChI=1S/C33H40N4O4S/c1-5-25-11-15-27(16-12-25)34-30(38)23-35-24-37(28-9-7-6-8-10-28)33(31(35)39)19-21-36(22-20-33)42(40,41)29-17-13-26(14-18-29)32(2,3)4/h6-18H,5,19-24H2,1-4H3,(H,34,38). The van der Waals surface area contributed by atoms with Gasteiger partial charge in [-0.05, 0) is 72.2 Å². The maximum atomic E-state index is 14.0. The Morgan fingerprint density at radius 3 is 2.10 bits per heavy atom. The summed E-state index contributed by atoms with van der Waals surface area (Å²) in [7, 11) is -3.72. The summed E-state index contributed by atoms with van der Waals surface area (Å²) in [5, 5.41) is 2.91. The quantitative estimate of drug-likeness (QED) is 0.419. The van der Waals surface area contributed by atoms with Crippen LogP contribution in [0, 0.1) is 0 Å². The number of rotatable bonds is 7. The minimum absolute atomic E-state index is 0.0774. The number of hydrogen-bond acceptors (Lipinski definition) is 5. The zero-order valence-electron chi connectivity index (χ0n) is 24.8. The van der Waals surface area contributed by atoms with E-state index in [1.54, 1.807) is 17.0 Å². The van der Waals surface area contributed by atoms with Crippen molar-refractivity contribution >= 4 is 33.2 Å². The second kappa shape index (κ2) is 11.5. The van der Waals surface area contributed by atoms with E-state index >= 15 is 0 Å². The number of carbonyl (C=O) groups excluding carboxylic acids is 2. The smallest absolute Gasteiger partial charge is 0.250 e. The Morgan fingerprint density at radius 1 is 0.905 bits per heavy atom. The molecule has 0 bridgehead atoms. The summed E-state index contributed by atoms with van der Waals surface area (Å²) in [6.45, 7) is 8.94. The van der Waals surface area contributed by atoms with Crippen molar-refractivity contribution in [2.75, 3.05) is 36.5 Å². The second-order valence-electron chi connectivity index (χ2n) is 12.2. The predicted molar refractivity (Wildman–Crippen MR) is 166 cm³/mol. The first-order chi connectivity index (χ1) is 19.9. The van der Waals surface area contributed by atoms with Gasteiger partial charge in [-0.15, -0.1) is 0 Å². The molecule has 0 atom stereocenters. The molecule has 222 valence electrons. The number of carbonyl (C=O) groups is 2. The Labute approximate surface area is 249 Å². The maximum Gasteiger partial charge on any atom is 0.250 e. The molecule has 3 aromatic carbocycles. The minimum atomic E-state index is -3.72. The molecule has 1 spiro atoms. The van der Waals surface area contributed by atoms with Gasteiger partial charge in [0.15, 0.2) is 0 Å². The van der Waals surface area contributed by atoms with Crippen molar-refractivity contribution in [1.29, 1.82) is 0 Å². The molecular weight excluding hydrogens is 548 g/mol. The third-order valence-electron chi connectivity index (χ3n) is 8.47. The highest BCUT2D eigenvalue weighted by Gasteiger charge is 2.55. The average molecular weight is 589 g/mol. The zero-order chi connectivity index (χ0) is 30.1. The molecule has 2 aliphatic heterocycles. The molecule has 2 aliphatic rings. The van der Waals surface area contributed by atoms with Crippen molar-refractivity contribution < 1.29 is 18.0 Å². The van der Waals surface area contributed by atoms with Crippen LogP contribution in [0.2, 0.25) is 0 Å². The van der Waals surface area contributed by atoms with E-state index in [9.17, 15) is 18.0 Å². The highest BCUT2D eigenvalue weighted by Crippen LogP contribution is 2.40. The second-order valence-corrected chi connectivity index (χ2v) is 14.2. The van der Waals surface area contributed by atoms with E-state index in [0.717, 1.165) is 17.7 Å². The molecule has 0 saturated carbocycles. The number of benzene rings is 3. The fraction of sp³-hybridized carbons (Fsp3) is 0.394. The molecule has 2 saturated heterocycles. The molecule has 0 radical (unpaired) electrons. The topological polar surface area (TPSA) is 90.0 Å². The average Bonchev–Trinajstić information content (AvgIpc) is 3.24. The molecule has 9 heteroatoms. The van der Waals surface area contributed by atoms with Crippen LogP contribution in [-0.2, 0) is 31.4 Å². The Bertz CT molecular complexity index is 1520. The fourth-order valence-electron chi connectivity index (χ4n) is 5.89. The lowest BCUT2D eigenvalue weighted by molar-refractivity contribution is -0.136. The summed E-state index contributed by atoms with van der Waals surface area (Å²) >= 11 is 0. The van der Waals surface area contributed by atoms with Crippen LogP contribution in [0.25, 0.3) is 0 Å². The third kappa shape index (κ3) is 5.80. The first-order valence-corrected chi connectivity index (χ1v) is 16.0. The molecule has 2 amide bonds. The van der Waals surface area contributed by atoms with Crippen molar-refractivity contribution in [3.63, 3.8) is 0 Å². The fourth-order valence-corrected chi connectivity index (χ4v) is 7.33. The largest absolute Gasteiger partial charge is 0.339 e. The number of anilines is 2. The summed E-state index contributed by atoms with van der Waals surface area (Å²) < 4.78 is 28.6. The number of para-hydroxylation sites is 1. The van der Waals surface area contributed by atoms with Crippen LogP contribution in [0.3, 0.4) is 0 Å². The summed E-state index contributed by atoms with van der Waals surface area (Å²) in [6.07, 6.45) is 1.57. The van der Waals surface area contributed by atoms with Gasteiger partial charge >= 0.3 is 0 Å². The summed E-state index contributed by atoms with van der Waals surface area (Å²) in [6, 6.07) is 24.4. The van der Waals surface area contributed by atoms with E-state index in [0.29, 0.717) is 18.5 Å². The monoisotopic (exact) mass is 588 g/mol. The molecule has 8 nitrogen and oxygen atoms in total. The summed E-state index contributed by atoms with van der Waals surface area (Å²) in [5.74, 6) is -0.411. The third-order valence-corrected chi connectivity index (χ3v) is 10.4. The van der Waals surface area contributed by atoms with Gasteiger partial charge < -0.3 is 15.1 Å². The minimum Gasteiger partial charge on any atom is -0.339 e. The first-order valence-electron chi connectivity index (χ1n) is 14.6. The number of amides is 2. The van der Waals surface area contributed by atoms with Crippen molar-refractivity contribution in [1.82, 2.24) is 9.21 Å².